The van der Waals surface area contributed by atoms with Crippen LogP contribution < -0.4 is 9.74 Å². The van der Waals surface area contributed by atoms with Gasteiger partial charge in [0, 0.05) is 37.9 Å². The molecular formula is C31H35N5O2. The fourth-order valence-electron chi connectivity index (χ4n) is 5.80. The fourth-order valence-corrected chi connectivity index (χ4v) is 5.80. The van der Waals surface area contributed by atoms with Gasteiger partial charge in [-0.15, -0.1) is 5.10 Å². The van der Waals surface area contributed by atoms with Gasteiger partial charge in [0.1, 0.15) is 11.0 Å². The van der Waals surface area contributed by atoms with Crippen molar-refractivity contribution in [2.75, 3.05) is 31.1 Å². The summed E-state index contributed by atoms with van der Waals surface area (Å²) in [6, 6.07) is 24.4. The average Bonchev–Trinajstić information content (AvgIpc) is 3.36. The summed E-state index contributed by atoms with van der Waals surface area (Å²) >= 11 is 0. The first-order valence-corrected chi connectivity index (χ1v) is 13.7. The zero-order valence-corrected chi connectivity index (χ0v) is 22.2. The van der Waals surface area contributed by atoms with Crippen molar-refractivity contribution in [3.8, 4) is 11.1 Å². The molecule has 1 saturated carbocycles. The van der Waals surface area contributed by atoms with Gasteiger partial charge in [-0.1, -0.05) is 55.1 Å². The van der Waals surface area contributed by atoms with Crippen molar-refractivity contribution < 1.29 is 9.63 Å². The second-order valence-corrected chi connectivity index (χ2v) is 11.4. The number of hydrogen-bond donors (Lipinski definition) is 0. The van der Waals surface area contributed by atoms with Crippen LogP contribution in [0.25, 0.3) is 22.2 Å². The minimum Gasteiger partial charge on any atom is -0.369 e. The van der Waals surface area contributed by atoms with Crippen molar-refractivity contribution in [3.63, 3.8) is 0 Å². The highest BCUT2D eigenvalue weighted by molar-refractivity contribution is 5.90. The summed E-state index contributed by atoms with van der Waals surface area (Å²) in [5, 5.41) is 7.94. The molecule has 7 heteroatoms. The summed E-state index contributed by atoms with van der Waals surface area (Å²) in [5.74, 6) is -0.473. The summed E-state index contributed by atoms with van der Waals surface area (Å²) in [6.45, 7) is 9.28. The van der Waals surface area contributed by atoms with Gasteiger partial charge in [0.25, 0.3) is 0 Å². The first-order valence-electron chi connectivity index (χ1n) is 13.7. The van der Waals surface area contributed by atoms with Crippen molar-refractivity contribution >= 4 is 22.7 Å². The summed E-state index contributed by atoms with van der Waals surface area (Å²) < 4.78 is 0. The summed E-state index contributed by atoms with van der Waals surface area (Å²) in [6.07, 6.45) is 5.38. The van der Waals surface area contributed by atoms with Crippen LogP contribution in [0.3, 0.4) is 0 Å². The molecule has 2 heterocycles. The summed E-state index contributed by atoms with van der Waals surface area (Å²) in [4.78, 5) is 24.5. The maximum atomic E-state index is 12.7. The number of hydrogen-bond acceptors (Lipinski definition) is 6. The highest BCUT2D eigenvalue weighted by Gasteiger charge is 2.31. The molecule has 2 fully saturated rings. The molecule has 2 aliphatic rings. The van der Waals surface area contributed by atoms with E-state index in [0.29, 0.717) is 22.0 Å². The molecular weight excluding hydrogens is 474 g/mol. The normalized spacial score (nSPS) is 18.5. The van der Waals surface area contributed by atoms with Crippen molar-refractivity contribution in [1.82, 2.24) is 20.1 Å². The number of nitrogens with zero attached hydrogens (tertiary/aromatic N) is 5. The number of anilines is 1. The number of para-hydroxylation sites is 1. The van der Waals surface area contributed by atoms with Gasteiger partial charge in [0.2, 0.25) is 0 Å². The standard InChI is InChI=1S/C31H35N5O2/c1-31(2)17-15-27(16-18-31)35-21-19-34(20-22-35)26-13-11-24(12-14-26)23-7-9-25(10-8-23)30(37)38-36-29-6-4-3-5-28(29)32-33-36/h3-14,27H,15-22H2,1-2H3. The molecule has 0 radical (unpaired) electrons. The number of carbonyl (C=O) groups excluding carboxylic acids is 1. The molecule has 0 amide bonds. The molecule has 1 saturated heterocycles. The number of fused-ring (bicyclic) bond motifs is 1. The molecule has 196 valence electrons. The first-order chi connectivity index (χ1) is 18.4. The lowest BCUT2D eigenvalue weighted by Gasteiger charge is -2.44. The number of rotatable bonds is 5. The van der Waals surface area contributed by atoms with E-state index in [1.807, 2.05) is 36.4 Å². The third-order valence-electron chi connectivity index (χ3n) is 8.32. The Bertz CT molecular complexity index is 1390. The minimum atomic E-state index is -0.473. The Labute approximate surface area is 224 Å². The highest BCUT2D eigenvalue weighted by atomic mass is 16.7. The van der Waals surface area contributed by atoms with Gasteiger partial charge in [0.15, 0.2) is 0 Å². The monoisotopic (exact) mass is 509 g/mol. The van der Waals surface area contributed by atoms with Gasteiger partial charge in [-0.3, -0.25) is 4.90 Å². The van der Waals surface area contributed by atoms with Crippen molar-refractivity contribution in [1.29, 1.82) is 0 Å². The third kappa shape index (κ3) is 5.16. The molecule has 0 unspecified atom stereocenters. The summed E-state index contributed by atoms with van der Waals surface area (Å²) in [5.41, 5.74) is 5.77. The second-order valence-electron chi connectivity index (χ2n) is 11.4. The van der Waals surface area contributed by atoms with E-state index >= 15 is 0 Å². The highest BCUT2D eigenvalue weighted by Crippen LogP contribution is 2.37. The molecule has 3 aromatic carbocycles. The largest absolute Gasteiger partial charge is 0.369 e. The van der Waals surface area contributed by atoms with E-state index in [1.165, 1.54) is 36.2 Å². The van der Waals surface area contributed by atoms with Crippen LogP contribution in [0.4, 0.5) is 5.69 Å². The van der Waals surface area contributed by atoms with Crippen LogP contribution in [0.1, 0.15) is 49.9 Å². The Morgan fingerprint density at radius 3 is 2.16 bits per heavy atom. The number of carbonyl (C=O) groups is 1. The molecule has 4 aromatic rings. The first kappa shape index (κ1) is 24.6. The lowest BCUT2D eigenvalue weighted by atomic mass is 9.75. The summed E-state index contributed by atoms with van der Waals surface area (Å²) in [7, 11) is 0. The zero-order chi connectivity index (χ0) is 26.1. The van der Waals surface area contributed by atoms with Crippen LogP contribution in [-0.2, 0) is 0 Å². The van der Waals surface area contributed by atoms with Gasteiger partial charge < -0.3 is 9.74 Å². The maximum Gasteiger partial charge on any atom is 0.365 e. The molecule has 0 N–H and O–H groups in total. The maximum absolute atomic E-state index is 12.7. The predicted molar refractivity (Wildman–Crippen MR) is 150 cm³/mol. The van der Waals surface area contributed by atoms with Crippen LogP contribution >= 0.6 is 0 Å². The number of benzene rings is 3. The fraction of sp³-hybridized carbons (Fsp3) is 0.387. The Hall–Kier alpha value is -3.71. The van der Waals surface area contributed by atoms with Gasteiger partial charge in [0.05, 0.1) is 5.56 Å². The van der Waals surface area contributed by atoms with E-state index in [1.54, 1.807) is 12.1 Å². The van der Waals surface area contributed by atoms with E-state index in [-0.39, 0.29) is 0 Å². The van der Waals surface area contributed by atoms with Crippen molar-refractivity contribution in [2.45, 2.75) is 45.6 Å². The number of aromatic nitrogens is 3. The molecule has 6 rings (SSSR count). The Morgan fingerprint density at radius 2 is 1.47 bits per heavy atom. The minimum absolute atomic E-state index is 0.462. The van der Waals surface area contributed by atoms with Crippen LogP contribution in [0.5, 0.6) is 0 Å². The lowest BCUT2D eigenvalue weighted by molar-refractivity contribution is 0.0409. The smallest absolute Gasteiger partial charge is 0.365 e. The van der Waals surface area contributed by atoms with Crippen LogP contribution in [0.2, 0.25) is 0 Å². The Kier molecular flexibility index (Phi) is 6.62. The van der Waals surface area contributed by atoms with Gasteiger partial charge >= 0.3 is 5.97 Å². The quantitative estimate of drug-likeness (QED) is 0.333. The second kappa shape index (κ2) is 10.2. The SMILES string of the molecule is CC1(C)CCC(N2CCN(c3ccc(-c4ccc(C(=O)On5nnc6ccccc65)cc4)cc3)CC2)CC1. The average molecular weight is 510 g/mol. The third-order valence-corrected chi connectivity index (χ3v) is 8.32. The Balaban J connectivity index is 1.05. The molecule has 0 bridgehead atoms. The van der Waals surface area contributed by atoms with Crippen LogP contribution in [0, 0.1) is 5.41 Å². The van der Waals surface area contributed by atoms with Gasteiger partial charge in [-0.05, 0) is 83.8 Å². The van der Waals surface area contributed by atoms with Crippen molar-refractivity contribution in [2.24, 2.45) is 5.41 Å². The van der Waals surface area contributed by atoms with E-state index in [9.17, 15) is 4.79 Å². The van der Waals surface area contributed by atoms with E-state index in [0.717, 1.165) is 43.3 Å². The molecule has 1 aliphatic heterocycles. The van der Waals surface area contributed by atoms with Crippen LogP contribution in [-0.4, -0.2) is 58.2 Å². The predicted octanol–water partition coefficient (Wildman–Crippen LogP) is 5.46. The zero-order valence-electron chi connectivity index (χ0n) is 22.2. The van der Waals surface area contributed by atoms with E-state index in [2.05, 4.69) is 58.2 Å². The molecule has 0 atom stereocenters. The number of piperazine rings is 1. The van der Waals surface area contributed by atoms with Gasteiger partial charge in [-0.25, -0.2) is 4.79 Å². The van der Waals surface area contributed by atoms with E-state index in [4.69, 9.17) is 4.84 Å². The molecule has 1 aromatic heterocycles. The lowest BCUT2D eigenvalue weighted by Crippen LogP contribution is -2.51. The Morgan fingerprint density at radius 1 is 0.842 bits per heavy atom. The van der Waals surface area contributed by atoms with Crippen molar-refractivity contribution in [3.05, 3.63) is 78.4 Å². The molecule has 7 nitrogen and oxygen atoms in total. The molecule has 38 heavy (non-hydrogen) atoms. The topological polar surface area (TPSA) is 63.5 Å². The molecule has 1 aliphatic carbocycles. The van der Waals surface area contributed by atoms with Crippen LogP contribution in [0.15, 0.2) is 72.8 Å². The van der Waals surface area contributed by atoms with Gasteiger partial charge in [-0.2, -0.15) is 0 Å². The molecule has 0 spiro atoms. The van der Waals surface area contributed by atoms with E-state index < -0.39 is 5.97 Å².